The van der Waals surface area contributed by atoms with E-state index in [2.05, 4.69) is 37.4 Å². The molecule has 18 heavy (non-hydrogen) atoms. The van der Waals surface area contributed by atoms with Gasteiger partial charge in [-0.3, -0.25) is 0 Å². The second-order valence-electron chi connectivity index (χ2n) is 4.56. The second kappa shape index (κ2) is 5.87. The normalized spacial score (nSPS) is 12.7. The highest BCUT2D eigenvalue weighted by molar-refractivity contribution is 7.12. The van der Waals surface area contributed by atoms with Crippen molar-refractivity contribution in [2.24, 2.45) is 0 Å². The average Bonchev–Trinajstić information content (AvgIpc) is 2.69. The SMILES string of the molecule is CNC(Cc1ccc(Cl)cc1)c1cc(C)c(C)s1. The van der Waals surface area contributed by atoms with Gasteiger partial charge >= 0.3 is 0 Å². The molecule has 1 unspecified atom stereocenters. The third-order valence-corrected chi connectivity index (χ3v) is 4.75. The van der Waals surface area contributed by atoms with Gasteiger partial charge in [-0.25, -0.2) is 0 Å². The molecule has 3 heteroatoms. The summed E-state index contributed by atoms with van der Waals surface area (Å²) in [5.41, 5.74) is 2.69. The lowest BCUT2D eigenvalue weighted by Crippen LogP contribution is -2.17. The van der Waals surface area contributed by atoms with Gasteiger partial charge in [0.15, 0.2) is 0 Å². The first-order chi connectivity index (χ1) is 8.60. The number of thiophene rings is 1. The molecule has 0 fully saturated rings. The maximum atomic E-state index is 5.91. The molecule has 1 nitrogen and oxygen atoms in total. The van der Waals surface area contributed by atoms with E-state index in [1.54, 1.807) is 0 Å². The largest absolute Gasteiger partial charge is 0.312 e. The molecule has 1 N–H and O–H groups in total. The van der Waals surface area contributed by atoms with Crippen LogP contribution < -0.4 is 5.32 Å². The number of likely N-dealkylation sites (N-methyl/N-ethyl adjacent to an activating group) is 1. The smallest absolute Gasteiger partial charge is 0.0453 e. The Morgan fingerprint density at radius 3 is 2.39 bits per heavy atom. The van der Waals surface area contributed by atoms with Crippen LogP contribution in [0.5, 0.6) is 0 Å². The summed E-state index contributed by atoms with van der Waals surface area (Å²) >= 11 is 7.79. The van der Waals surface area contributed by atoms with Crippen LogP contribution in [0, 0.1) is 13.8 Å². The summed E-state index contributed by atoms with van der Waals surface area (Å²) in [6.07, 6.45) is 0.993. The van der Waals surface area contributed by atoms with E-state index < -0.39 is 0 Å². The molecule has 0 bridgehead atoms. The van der Waals surface area contributed by atoms with E-state index in [1.807, 2.05) is 30.5 Å². The lowest BCUT2D eigenvalue weighted by atomic mass is 10.0. The van der Waals surface area contributed by atoms with Gasteiger partial charge in [0.05, 0.1) is 0 Å². The monoisotopic (exact) mass is 279 g/mol. The lowest BCUT2D eigenvalue weighted by Gasteiger charge is -2.14. The highest BCUT2D eigenvalue weighted by atomic mass is 35.5. The van der Waals surface area contributed by atoms with E-state index in [0.717, 1.165) is 11.4 Å². The zero-order valence-corrected chi connectivity index (χ0v) is 12.5. The Morgan fingerprint density at radius 1 is 1.22 bits per heavy atom. The van der Waals surface area contributed by atoms with E-state index in [9.17, 15) is 0 Å². The Labute approximate surface area is 118 Å². The predicted molar refractivity (Wildman–Crippen MR) is 80.7 cm³/mol. The Balaban J connectivity index is 2.16. The predicted octanol–water partition coefficient (Wildman–Crippen LogP) is 4.52. The van der Waals surface area contributed by atoms with E-state index in [-0.39, 0.29) is 0 Å². The minimum atomic E-state index is 0.378. The maximum absolute atomic E-state index is 5.91. The van der Waals surface area contributed by atoms with Crippen LogP contribution in [0.2, 0.25) is 5.02 Å². The van der Waals surface area contributed by atoms with Crippen molar-refractivity contribution >= 4 is 22.9 Å². The van der Waals surface area contributed by atoms with E-state index in [4.69, 9.17) is 11.6 Å². The number of hydrogen-bond donors (Lipinski definition) is 1. The summed E-state index contributed by atoms with van der Waals surface area (Å²) in [6.45, 7) is 4.35. The first-order valence-electron chi connectivity index (χ1n) is 6.09. The molecule has 96 valence electrons. The number of nitrogens with one attached hydrogen (secondary N) is 1. The van der Waals surface area contributed by atoms with Crippen LogP contribution in [0.3, 0.4) is 0 Å². The Hall–Kier alpha value is -0.830. The first kappa shape index (κ1) is 13.6. The molecule has 0 aliphatic heterocycles. The lowest BCUT2D eigenvalue weighted by molar-refractivity contribution is 0.602. The van der Waals surface area contributed by atoms with Crippen LogP contribution in [-0.4, -0.2) is 7.05 Å². The van der Waals surface area contributed by atoms with Crippen LogP contribution in [0.25, 0.3) is 0 Å². The molecule has 1 aromatic carbocycles. The van der Waals surface area contributed by atoms with Crippen LogP contribution in [0.1, 0.15) is 26.9 Å². The number of aryl methyl sites for hydroxylation is 2. The molecule has 0 saturated heterocycles. The van der Waals surface area contributed by atoms with Gasteiger partial charge in [0.2, 0.25) is 0 Å². The van der Waals surface area contributed by atoms with Gasteiger partial charge in [-0.1, -0.05) is 23.7 Å². The van der Waals surface area contributed by atoms with E-state index >= 15 is 0 Å². The molecule has 0 aliphatic rings. The molecule has 0 aliphatic carbocycles. The molecule has 0 saturated carbocycles. The molecule has 1 heterocycles. The summed E-state index contributed by atoms with van der Waals surface area (Å²) < 4.78 is 0. The summed E-state index contributed by atoms with van der Waals surface area (Å²) in [5.74, 6) is 0. The van der Waals surface area contributed by atoms with Crippen molar-refractivity contribution in [2.75, 3.05) is 7.05 Å². The summed E-state index contributed by atoms with van der Waals surface area (Å²) in [6, 6.07) is 10.8. The Kier molecular flexibility index (Phi) is 4.44. The van der Waals surface area contributed by atoms with Crippen molar-refractivity contribution < 1.29 is 0 Å². The second-order valence-corrected chi connectivity index (χ2v) is 6.28. The zero-order valence-electron chi connectivity index (χ0n) is 11.0. The minimum absolute atomic E-state index is 0.378. The fourth-order valence-corrected chi connectivity index (χ4v) is 3.25. The quantitative estimate of drug-likeness (QED) is 0.868. The Morgan fingerprint density at radius 2 is 1.89 bits per heavy atom. The molecular weight excluding hydrogens is 262 g/mol. The Bertz CT molecular complexity index is 496. The number of rotatable bonds is 4. The third kappa shape index (κ3) is 3.14. The topological polar surface area (TPSA) is 12.0 Å². The summed E-state index contributed by atoms with van der Waals surface area (Å²) in [5, 5.41) is 4.19. The molecule has 1 aromatic heterocycles. The van der Waals surface area contributed by atoms with Crippen LogP contribution in [-0.2, 0) is 6.42 Å². The van der Waals surface area contributed by atoms with E-state index in [0.29, 0.717) is 6.04 Å². The summed E-state index contributed by atoms with van der Waals surface area (Å²) in [4.78, 5) is 2.81. The van der Waals surface area contributed by atoms with Gasteiger partial charge in [-0.2, -0.15) is 0 Å². The number of halogens is 1. The third-order valence-electron chi connectivity index (χ3n) is 3.23. The molecule has 0 radical (unpaired) electrons. The zero-order chi connectivity index (χ0) is 13.1. The molecular formula is C15H18ClNS. The van der Waals surface area contributed by atoms with Crippen LogP contribution in [0.15, 0.2) is 30.3 Å². The highest BCUT2D eigenvalue weighted by Crippen LogP contribution is 2.28. The van der Waals surface area contributed by atoms with Crippen molar-refractivity contribution in [3.8, 4) is 0 Å². The van der Waals surface area contributed by atoms with Gasteiger partial charge in [-0.15, -0.1) is 11.3 Å². The van der Waals surface area contributed by atoms with Gasteiger partial charge in [-0.05, 0) is 56.6 Å². The molecule has 0 amide bonds. The van der Waals surface area contributed by atoms with Gasteiger partial charge in [0.25, 0.3) is 0 Å². The van der Waals surface area contributed by atoms with Crippen molar-refractivity contribution in [2.45, 2.75) is 26.3 Å². The highest BCUT2D eigenvalue weighted by Gasteiger charge is 2.13. The summed E-state index contributed by atoms with van der Waals surface area (Å²) in [7, 11) is 2.02. The van der Waals surface area contributed by atoms with Gasteiger partial charge in [0, 0.05) is 20.8 Å². The van der Waals surface area contributed by atoms with Crippen molar-refractivity contribution in [1.29, 1.82) is 0 Å². The maximum Gasteiger partial charge on any atom is 0.0453 e. The standard InChI is InChI=1S/C15H18ClNS/c1-10-8-15(18-11(10)2)14(17-3)9-12-4-6-13(16)7-5-12/h4-8,14,17H,9H2,1-3H3. The van der Waals surface area contributed by atoms with Crippen molar-refractivity contribution in [3.63, 3.8) is 0 Å². The molecule has 2 rings (SSSR count). The van der Waals surface area contributed by atoms with Crippen molar-refractivity contribution in [3.05, 3.63) is 56.2 Å². The molecule has 1 atom stereocenters. The van der Waals surface area contributed by atoms with Gasteiger partial charge in [0.1, 0.15) is 0 Å². The van der Waals surface area contributed by atoms with Gasteiger partial charge < -0.3 is 5.32 Å². The van der Waals surface area contributed by atoms with Crippen molar-refractivity contribution in [1.82, 2.24) is 5.32 Å². The fourth-order valence-electron chi connectivity index (χ4n) is 1.97. The first-order valence-corrected chi connectivity index (χ1v) is 7.28. The van der Waals surface area contributed by atoms with Crippen LogP contribution in [0.4, 0.5) is 0 Å². The molecule has 0 spiro atoms. The molecule has 2 aromatic rings. The van der Waals surface area contributed by atoms with Crippen LogP contribution >= 0.6 is 22.9 Å². The minimum Gasteiger partial charge on any atom is -0.312 e. The van der Waals surface area contributed by atoms with E-state index in [1.165, 1.54) is 20.9 Å². The average molecular weight is 280 g/mol. The number of benzene rings is 1. The number of hydrogen-bond acceptors (Lipinski definition) is 2. The fraction of sp³-hybridized carbons (Fsp3) is 0.333.